The maximum absolute atomic E-state index is 14.5. The summed E-state index contributed by atoms with van der Waals surface area (Å²) in [5.41, 5.74) is 3.80. The van der Waals surface area contributed by atoms with E-state index in [1.54, 1.807) is 24.3 Å². The Morgan fingerprint density at radius 1 is 0.895 bits per heavy atom. The molecule has 1 amide bonds. The van der Waals surface area contributed by atoms with E-state index >= 15 is 0 Å². The number of aryl methyl sites for hydroxylation is 2. The van der Waals surface area contributed by atoms with Crippen LogP contribution in [0.25, 0.3) is 21.8 Å². The number of carbonyl (C=O) groups excluding carboxylic acids is 1. The van der Waals surface area contributed by atoms with Crippen LogP contribution in [0.15, 0.2) is 95.9 Å². The molecule has 4 aromatic carbocycles. The van der Waals surface area contributed by atoms with Gasteiger partial charge in [-0.2, -0.15) is 4.31 Å². The monoisotopic (exact) mass is 529 g/mol. The van der Waals surface area contributed by atoms with Crippen molar-refractivity contribution in [2.75, 3.05) is 11.9 Å². The van der Waals surface area contributed by atoms with Crippen molar-refractivity contribution in [3.63, 3.8) is 0 Å². The molecule has 8 heteroatoms. The molecule has 0 aliphatic carbocycles. The van der Waals surface area contributed by atoms with Gasteiger partial charge in [0, 0.05) is 46.1 Å². The Kier molecular flexibility index (Phi) is 7.01. The van der Waals surface area contributed by atoms with E-state index in [4.69, 9.17) is 0 Å². The number of fused-ring (bicyclic) bond motifs is 3. The number of hydrogen-bond donors (Lipinski definition) is 1. The summed E-state index contributed by atoms with van der Waals surface area (Å²) in [6.07, 6.45) is 0. The first kappa shape index (κ1) is 25.6. The lowest BCUT2D eigenvalue weighted by atomic mass is 10.1. The summed E-state index contributed by atoms with van der Waals surface area (Å²) in [6.45, 7) is 3.99. The molecular formula is C30H28FN3O3S. The average Bonchev–Trinajstić information content (AvgIpc) is 3.22. The minimum atomic E-state index is -4.08. The Labute approximate surface area is 221 Å². The van der Waals surface area contributed by atoms with Crippen molar-refractivity contribution in [1.29, 1.82) is 0 Å². The molecule has 1 heterocycles. The van der Waals surface area contributed by atoms with Gasteiger partial charge in [0.05, 0.1) is 11.4 Å². The molecule has 0 saturated carbocycles. The summed E-state index contributed by atoms with van der Waals surface area (Å²) in [6, 6.07) is 26.1. The zero-order valence-corrected chi connectivity index (χ0v) is 22.0. The molecule has 0 bridgehead atoms. The second-order valence-electron chi connectivity index (χ2n) is 9.22. The van der Waals surface area contributed by atoms with Crippen molar-refractivity contribution in [2.24, 2.45) is 0 Å². The number of nitrogens with zero attached hydrogens (tertiary/aromatic N) is 2. The van der Waals surface area contributed by atoms with Gasteiger partial charge in [-0.25, -0.2) is 12.8 Å². The maximum Gasteiger partial charge on any atom is 0.243 e. The number of nitrogens with one attached hydrogen (secondary N) is 1. The van der Waals surface area contributed by atoms with Crippen molar-refractivity contribution < 1.29 is 17.6 Å². The number of benzene rings is 4. The SMILES string of the molecule is CCn1c2ccccc2c2cc(NC(=O)CN(Cc3ccccc3F)S(=O)(=O)c3ccc(C)cc3)ccc21. The molecule has 1 aromatic heterocycles. The van der Waals surface area contributed by atoms with Crippen LogP contribution < -0.4 is 5.32 Å². The third-order valence-corrected chi connectivity index (χ3v) is 8.46. The van der Waals surface area contributed by atoms with E-state index in [0.29, 0.717) is 5.69 Å². The van der Waals surface area contributed by atoms with Crippen LogP contribution in [-0.4, -0.2) is 29.7 Å². The Hall–Kier alpha value is -4.01. The Bertz CT molecular complexity index is 1740. The van der Waals surface area contributed by atoms with E-state index in [2.05, 4.69) is 22.9 Å². The van der Waals surface area contributed by atoms with E-state index in [1.807, 2.05) is 37.3 Å². The van der Waals surface area contributed by atoms with Crippen molar-refractivity contribution in [2.45, 2.75) is 31.8 Å². The van der Waals surface area contributed by atoms with Crippen LogP contribution in [0.4, 0.5) is 10.1 Å². The van der Waals surface area contributed by atoms with Crippen molar-refractivity contribution in [3.05, 3.63) is 108 Å². The summed E-state index contributed by atoms with van der Waals surface area (Å²) < 4.78 is 44.7. The van der Waals surface area contributed by atoms with Gasteiger partial charge in [-0.3, -0.25) is 4.79 Å². The van der Waals surface area contributed by atoms with Gasteiger partial charge in [0.1, 0.15) is 5.82 Å². The number of para-hydroxylation sites is 1. The molecule has 0 aliphatic rings. The molecule has 0 fully saturated rings. The second kappa shape index (κ2) is 10.4. The fraction of sp³-hybridized carbons (Fsp3) is 0.167. The Morgan fingerprint density at radius 2 is 1.58 bits per heavy atom. The molecule has 38 heavy (non-hydrogen) atoms. The molecule has 0 radical (unpaired) electrons. The van der Waals surface area contributed by atoms with Gasteiger partial charge >= 0.3 is 0 Å². The first-order chi connectivity index (χ1) is 18.3. The Morgan fingerprint density at radius 3 is 2.32 bits per heavy atom. The normalized spacial score (nSPS) is 11.9. The fourth-order valence-electron chi connectivity index (χ4n) is 4.73. The zero-order chi connectivity index (χ0) is 26.9. The summed E-state index contributed by atoms with van der Waals surface area (Å²) >= 11 is 0. The maximum atomic E-state index is 14.5. The molecule has 0 aliphatic heterocycles. The smallest absolute Gasteiger partial charge is 0.243 e. The van der Waals surface area contributed by atoms with Gasteiger partial charge in [-0.15, -0.1) is 0 Å². The molecule has 5 rings (SSSR count). The lowest BCUT2D eigenvalue weighted by Gasteiger charge is -2.22. The molecule has 0 spiro atoms. The second-order valence-corrected chi connectivity index (χ2v) is 11.2. The number of carbonyl (C=O) groups is 1. The third-order valence-electron chi connectivity index (χ3n) is 6.66. The molecular weight excluding hydrogens is 501 g/mol. The number of halogens is 1. The van der Waals surface area contributed by atoms with Gasteiger partial charge < -0.3 is 9.88 Å². The van der Waals surface area contributed by atoms with Crippen LogP contribution in [0.5, 0.6) is 0 Å². The predicted octanol–water partition coefficient (Wildman–Crippen LogP) is 6.09. The first-order valence-electron chi connectivity index (χ1n) is 12.4. The van der Waals surface area contributed by atoms with Crippen LogP contribution in [0.1, 0.15) is 18.1 Å². The lowest BCUT2D eigenvalue weighted by Crippen LogP contribution is -2.37. The van der Waals surface area contributed by atoms with Crippen LogP contribution in [-0.2, 0) is 27.9 Å². The number of amides is 1. The van der Waals surface area contributed by atoms with Crippen LogP contribution in [0.3, 0.4) is 0 Å². The van der Waals surface area contributed by atoms with Crippen LogP contribution in [0, 0.1) is 12.7 Å². The van der Waals surface area contributed by atoms with Crippen molar-refractivity contribution in [3.8, 4) is 0 Å². The third kappa shape index (κ3) is 4.92. The van der Waals surface area contributed by atoms with Gasteiger partial charge in [-0.1, -0.05) is 54.1 Å². The predicted molar refractivity (Wildman–Crippen MR) is 149 cm³/mol. The number of sulfonamides is 1. The van der Waals surface area contributed by atoms with E-state index < -0.39 is 28.3 Å². The highest BCUT2D eigenvalue weighted by atomic mass is 32.2. The average molecular weight is 530 g/mol. The van der Waals surface area contributed by atoms with E-state index in [-0.39, 0.29) is 17.0 Å². The standard InChI is InChI=1S/C30H28FN3O3S/c1-3-34-28-11-7-5-9-25(28)26-18-23(14-17-29(26)34)32-30(35)20-33(19-22-8-4-6-10-27(22)31)38(36,37)24-15-12-21(2)13-16-24/h4-18H,3,19-20H2,1-2H3,(H,32,35). The quantitative estimate of drug-likeness (QED) is 0.264. The summed E-state index contributed by atoms with van der Waals surface area (Å²) in [4.78, 5) is 13.2. The topological polar surface area (TPSA) is 71.4 Å². The van der Waals surface area contributed by atoms with Gasteiger partial charge in [0.15, 0.2) is 0 Å². The first-order valence-corrected chi connectivity index (χ1v) is 13.8. The highest BCUT2D eigenvalue weighted by molar-refractivity contribution is 7.89. The van der Waals surface area contributed by atoms with Crippen molar-refractivity contribution >= 4 is 43.4 Å². The van der Waals surface area contributed by atoms with Gasteiger partial charge in [0.2, 0.25) is 15.9 Å². The molecule has 194 valence electrons. The molecule has 0 saturated heterocycles. The molecule has 0 unspecified atom stereocenters. The van der Waals surface area contributed by atoms with Crippen LogP contribution >= 0.6 is 0 Å². The zero-order valence-electron chi connectivity index (χ0n) is 21.2. The molecule has 5 aromatic rings. The Balaban J connectivity index is 1.45. The highest BCUT2D eigenvalue weighted by Crippen LogP contribution is 2.31. The summed E-state index contributed by atoms with van der Waals surface area (Å²) in [5.74, 6) is -1.05. The van der Waals surface area contributed by atoms with E-state index in [1.165, 1.54) is 30.3 Å². The molecule has 0 atom stereocenters. The molecule has 1 N–H and O–H groups in total. The number of rotatable bonds is 8. The number of aromatic nitrogens is 1. The van der Waals surface area contributed by atoms with Crippen LogP contribution in [0.2, 0.25) is 0 Å². The summed E-state index contributed by atoms with van der Waals surface area (Å²) in [7, 11) is -4.08. The van der Waals surface area contributed by atoms with E-state index in [0.717, 1.165) is 38.2 Å². The molecule has 6 nitrogen and oxygen atoms in total. The minimum Gasteiger partial charge on any atom is -0.341 e. The van der Waals surface area contributed by atoms with Gasteiger partial charge in [-0.05, 0) is 56.3 Å². The van der Waals surface area contributed by atoms with Gasteiger partial charge in [0.25, 0.3) is 0 Å². The summed E-state index contributed by atoms with van der Waals surface area (Å²) in [5, 5.41) is 4.91. The minimum absolute atomic E-state index is 0.0426. The van der Waals surface area contributed by atoms with Crippen molar-refractivity contribution in [1.82, 2.24) is 8.87 Å². The van der Waals surface area contributed by atoms with E-state index in [9.17, 15) is 17.6 Å². The largest absolute Gasteiger partial charge is 0.341 e. The highest BCUT2D eigenvalue weighted by Gasteiger charge is 2.28. The lowest BCUT2D eigenvalue weighted by molar-refractivity contribution is -0.116. The fourth-order valence-corrected chi connectivity index (χ4v) is 6.11. The number of hydrogen-bond acceptors (Lipinski definition) is 3. The number of anilines is 1.